The van der Waals surface area contributed by atoms with Crippen molar-refractivity contribution in [2.75, 3.05) is 22.9 Å². The predicted octanol–water partition coefficient (Wildman–Crippen LogP) is 3.25. The fourth-order valence-corrected chi connectivity index (χ4v) is 3.81. The van der Waals surface area contributed by atoms with Gasteiger partial charge >= 0.3 is 0 Å². The average Bonchev–Trinajstić information content (AvgIpc) is 3.21. The number of anilines is 2. The Balaban J connectivity index is 1.56. The number of rotatable bonds is 2. The van der Waals surface area contributed by atoms with E-state index in [1.165, 1.54) is 11.1 Å². The largest absolute Gasteiger partial charge is 0.312 e. The topological polar surface area (TPSA) is 40.6 Å². The van der Waals surface area contributed by atoms with E-state index < -0.39 is 5.92 Å². The van der Waals surface area contributed by atoms with E-state index in [1.807, 2.05) is 43.3 Å². The van der Waals surface area contributed by atoms with Gasteiger partial charge in [0.15, 0.2) is 0 Å². The molecule has 2 aliphatic heterocycles. The quantitative estimate of drug-likeness (QED) is 0.791. The number of nitrogens with zero attached hydrogens (tertiary/aromatic N) is 2. The lowest BCUT2D eigenvalue weighted by Crippen LogP contribution is -2.39. The van der Waals surface area contributed by atoms with Gasteiger partial charge in [0.05, 0.1) is 0 Å². The molecule has 0 N–H and O–H groups in total. The Morgan fingerprint density at radius 2 is 1.84 bits per heavy atom. The van der Waals surface area contributed by atoms with Crippen LogP contribution in [0.1, 0.15) is 23.1 Å². The van der Waals surface area contributed by atoms with E-state index >= 15 is 0 Å². The zero-order valence-corrected chi connectivity index (χ0v) is 14.7. The lowest BCUT2D eigenvalue weighted by molar-refractivity contribution is -0.130. The number of aryl methyl sites for hydroxylation is 2. The molecule has 25 heavy (non-hydrogen) atoms. The van der Waals surface area contributed by atoms with Gasteiger partial charge in [-0.25, -0.2) is 0 Å². The van der Waals surface area contributed by atoms with Crippen LogP contribution in [0.15, 0.2) is 42.5 Å². The number of amides is 2. The van der Waals surface area contributed by atoms with Crippen molar-refractivity contribution in [3.63, 3.8) is 0 Å². The van der Waals surface area contributed by atoms with Gasteiger partial charge in [-0.05, 0) is 61.6 Å². The molecule has 2 aliphatic rings. The standard InChI is InChI=1S/C21H22N2O2/c1-14-7-8-17(13-15(14)2)22-12-10-18(20(22)24)21(25)23-11-9-16-5-3-4-6-19(16)23/h3-8,13,18H,9-12H2,1-2H3/t18-/m0/s1. The summed E-state index contributed by atoms with van der Waals surface area (Å²) in [5.41, 5.74) is 5.41. The zero-order chi connectivity index (χ0) is 17.6. The predicted molar refractivity (Wildman–Crippen MR) is 98.9 cm³/mol. The van der Waals surface area contributed by atoms with Crippen molar-refractivity contribution >= 4 is 23.2 Å². The molecule has 1 atom stereocenters. The molecule has 1 saturated heterocycles. The Labute approximate surface area is 148 Å². The van der Waals surface area contributed by atoms with Crippen LogP contribution in [0.5, 0.6) is 0 Å². The third-order valence-electron chi connectivity index (χ3n) is 5.46. The van der Waals surface area contributed by atoms with Crippen LogP contribution in [0.3, 0.4) is 0 Å². The van der Waals surface area contributed by atoms with Crippen LogP contribution in [0, 0.1) is 19.8 Å². The van der Waals surface area contributed by atoms with Crippen LogP contribution in [-0.4, -0.2) is 24.9 Å². The first kappa shape index (κ1) is 15.9. The highest BCUT2D eigenvalue weighted by molar-refractivity contribution is 6.14. The van der Waals surface area contributed by atoms with E-state index in [0.717, 1.165) is 23.4 Å². The van der Waals surface area contributed by atoms with Crippen molar-refractivity contribution in [1.29, 1.82) is 0 Å². The van der Waals surface area contributed by atoms with E-state index in [2.05, 4.69) is 13.0 Å². The molecule has 0 saturated carbocycles. The molecule has 0 spiro atoms. The molecular formula is C21H22N2O2. The summed E-state index contributed by atoms with van der Waals surface area (Å²) >= 11 is 0. The van der Waals surface area contributed by atoms with Crippen LogP contribution >= 0.6 is 0 Å². The van der Waals surface area contributed by atoms with Crippen molar-refractivity contribution in [3.05, 3.63) is 59.2 Å². The minimum absolute atomic E-state index is 0.0544. The number of hydrogen-bond acceptors (Lipinski definition) is 2. The summed E-state index contributed by atoms with van der Waals surface area (Å²) in [5.74, 6) is -0.688. The molecule has 0 aromatic heterocycles. The van der Waals surface area contributed by atoms with Gasteiger partial charge in [0.1, 0.15) is 5.92 Å². The second-order valence-electron chi connectivity index (χ2n) is 6.97. The molecule has 4 heteroatoms. The number of benzene rings is 2. The van der Waals surface area contributed by atoms with Gasteiger partial charge in [-0.15, -0.1) is 0 Å². The second-order valence-corrected chi connectivity index (χ2v) is 6.97. The first-order chi connectivity index (χ1) is 12.1. The summed E-state index contributed by atoms with van der Waals surface area (Å²) in [7, 11) is 0. The van der Waals surface area contributed by atoms with Gasteiger partial charge in [-0.3, -0.25) is 9.59 Å². The van der Waals surface area contributed by atoms with Gasteiger partial charge in [0.25, 0.3) is 0 Å². The Bertz CT molecular complexity index is 859. The van der Waals surface area contributed by atoms with Gasteiger partial charge in [0.2, 0.25) is 11.8 Å². The lowest BCUT2D eigenvalue weighted by atomic mass is 10.1. The normalized spacial score (nSPS) is 19.4. The Hall–Kier alpha value is -2.62. The third kappa shape index (κ3) is 2.62. The van der Waals surface area contributed by atoms with E-state index in [-0.39, 0.29) is 11.8 Å². The molecule has 2 aromatic carbocycles. The zero-order valence-electron chi connectivity index (χ0n) is 14.7. The summed E-state index contributed by atoms with van der Waals surface area (Å²) < 4.78 is 0. The monoisotopic (exact) mass is 334 g/mol. The third-order valence-corrected chi connectivity index (χ3v) is 5.46. The molecule has 4 rings (SSSR count). The van der Waals surface area contributed by atoms with E-state index in [9.17, 15) is 9.59 Å². The fraction of sp³-hybridized carbons (Fsp3) is 0.333. The van der Waals surface area contributed by atoms with Crippen molar-refractivity contribution < 1.29 is 9.59 Å². The van der Waals surface area contributed by atoms with Crippen molar-refractivity contribution in [2.45, 2.75) is 26.7 Å². The summed E-state index contributed by atoms with van der Waals surface area (Å²) in [5, 5.41) is 0. The van der Waals surface area contributed by atoms with Crippen LogP contribution in [0.25, 0.3) is 0 Å². The molecule has 4 nitrogen and oxygen atoms in total. The molecule has 0 bridgehead atoms. The maximum absolute atomic E-state index is 13.0. The minimum atomic E-state index is -0.562. The lowest BCUT2D eigenvalue weighted by Gasteiger charge is -2.22. The van der Waals surface area contributed by atoms with Crippen LogP contribution < -0.4 is 9.80 Å². The molecule has 1 fully saturated rings. The van der Waals surface area contributed by atoms with Crippen molar-refractivity contribution in [2.24, 2.45) is 5.92 Å². The smallest absolute Gasteiger partial charge is 0.239 e. The van der Waals surface area contributed by atoms with Crippen LogP contribution in [-0.2, 0) is 16.0 Å². The number of hydrogen-bond donors (Lipinski definition) is 0. The van der Waals surface area contributed by atoms with Crippen molar-refractivity contribution in [1.82, 2.24) is 0 Å². The van der Waals surface area contributed by atoms with E-state index in [1.54, 1.807) is 9.80 Å². The highest BCUT2D eigenvalue weighted by Crippen LogP contribution is 2.33. The Kier molecular flexibility index (Phi) is 3.83. The molecule has 0 aliphatic carbocycles. The Morgan fingerprint density at radius 3 is 2.64 bits per heavy atom. The molecular weight excluding hydrogens is 312 g/mol. The summed E-state index contributed by atoms with van der Waals surface area (Å²) in [6, 6.07) is 14.0. The maximum Gasteiger partial charge on any atom is 0.239 e. The average molecular weight is 334 g/mol. The number of carbonyl (C=O) groups is 2. The molecule has 2 heterocycles. The fourth-order valence-electron chi connectivity index (χ4n) is 3.81. The summed E-state index contributed by atoms with van der Waals surface area (Å²) in [6.45, 7) is 5.38. The van der Waals surface area contributed by atoms with E-state index in [0.29, 0.717) is 19.5 Å². The highest BCUT2D eigenvalue weighted by Gasteiger charge is 2.41. The Morgan fingerprint density at radius 1 is 1.04 bits per heavy atom. The van der Waals surface area contributed by atoms with Crippen LogP contribution in [0.4, 0.5) is 11.4 Å². The summed E-state index contributed by atoms with van der Waals surface area (Å²) in [6.07, 6.45) is 1.45. The second kappa shape index (κ2) is 6.03. The summed E-state index contributed by atoms with van der Waals surface area (Å²) in [4.78, 5) is 29.4. The first-order valence-corrected chi connectivity index (χ1v) is 8.84. The minimum Gasteiger partial charge on any atom is -0.312 e. The van der Waals surface area contributed by atoms with Gasteiger partial charge in [-0.1, -0.05) is 24.3 Å². The maximum atomic E-state index is 13.0. The number of fused-ring (bicyclic) bond motifs is 1. The number of carbonyl (C=O) groups excluding carboxylic acids is 2. The SMILES string of the molecule is Cc1ccc(N2CC[C@H](C(=O)N3CCc4ccccc43)C2=O)cc1C. The van der Waals surface area contributed by atoms with Crippen LogP contribution in [0.2, 0.25) is 0 Å². The molecule has 128 valence electrons. The van der Waals surface area contributed by atoms with Gasteiger partial charge < -0.3 is 9.80 Å². The molecule has 2 aromatic rings. The molecule has 0 unspecified atom stereocenters. The molecule has 2 amide bonds. The first-order valence-electron chi connectivity index (χ1n) is 8.84. The highest BCUT2D eigenvalue weighted by atomic mass is 16.2. The van der Waals surface area contributed by atoms with E-state index in [4.69, 9.17) is 0 Å². The van der Waals surface area contributed by atoms with Gasteiger partial charge in [-0.2, -0.15) is 0 Å². The number of para-hydroxylation sites is 1. The molecule has 0 radical (unpaired) electrons. The van der Waals surface area contributed by atoms with Gasteiger partial charge in [0, 0.05) is 24.5 Å². The van der Waals surface area contributed by atoms with Crippen molar-refractivity contribution in [3.8, 4) is 0 Å².